The number of carbonyl (C=O) groups is 1. The van der Waals surface area contributed by atoms with E-state index in [0.29, 0.717) is 19.4 Å². The van der Waals surface area contributed by atoms with Gasteiger partial charge in [-0.15, -0.1) is 0 Å². The summed E-state index contributed by atoms with van der Waals surface area (Å²) in [5.41, 5.74) is 3.13. The van der Waals surface area contributed by atoms with Crippen LogP contribution in [0.4, 0.5) is 0 Å². The van der Waals surface area contributed by atoms with E-state index >= 15 is 0 Å². The molecule has 0 aliphatic heterocycles. The number of hydrogen-bond acceptors (Lipinski definition) is 3. The number of nitrogens with zero attached hydrogens (tertiary/aromatic N) is 1. The van der Waals surface area contributed by atoms with Gasteiger partial charge in [0, 0.05) is 12.1 Å². The molecule has 2 rings (SSSR count). The zero-order valence-electron chi connectivity index (χ0n) is 10.6. The zero-order valence-corrected chi connectivity index (χ0v) is 10.6. The maximum Gasteiger partial charge on any atom is 0.220 e. The summed E-state index contributed by atoms with van der Waals surface area (Å²) in [6, 6.07) is 3.64. The summed E-state index contributed by atoms with van der Waals surface area (Å²) in [5, 5.41) is 9.85. The monoisotopic (exact) mass is 247 g/mol. The summed E-state index contributed by atoms with van der Waals surface area (Å²) in [7, 11) is 0. The quantitative estimate of drug-likeness (QED) is 0.847. The van der Waals surface area contributed by atoms with Gasteiger partial charge in [0.2, 0.25) is 5.91 Å². The van der Waals surface area contributed by atoms with Gasteiger partial charge in [-0.1, -0.05) is 0 Å². The molecule has 5 nitrogen and oxygen atoms in total. The highest BCUT2D eigenvalue weighted by atomic mass is 16.3. The van der Waals surface area contributed by atoms with Crippen LogP contribution < -0.4 is 5.32 Å². The van der Waals surface area contributed by atoms with Crippen molar-refractivity contribution in [3.05, 3.63) is 41.1 Å². The molecular weight excluding hydrogens is 230 g/mol. The largest absolute Gasteiger partial charge is 0.467 e. The fraction of sp³-hybridized carbons (Fsp3) is 0.385. The molecular formula is C13H17N3O2. The molecule has 0 saturated carbocycles. The van der Waals surface area contributed by atoms with Crippen LogP contribution in [0.2, 0.25) is 0 Å². The summed E-state index contributed by atoms with van der Waals surface area (Å²) >= 11 is 0. The number of aromatic nitrogens is 2. The molecule has 0 radical (unpaired) electrons. The zero-order chi connectivity index (χ0) is 13.0. The third-order valence-corrected chi connectivity index (χ3v) is 2.92. The maximum atomic E-state index is 11.7. The molecule has 2 aromatic heterocycles. The first-order valence-corrected chi connectivity index (χ1v) is 5.96. The van der Waals surface area contributed by atoms with Crippen molar-refractivity contribution in [1.29, 1.82) is 0 Å². The van der Waals surface area contributed by atoms with E-state index in [9.17, 15) is 4.79 Å². The van der Waals surface area contributed by atoms with Gasteiger partial charge in [-0.25, -0.2) is 0 Å². The Morgan fingerprint density at radius 2 is 2.33 bits per heavy atom. The van der Waals surface area contributed by atoms with E-state index in [1.807, 2.05) is 19.9 Å². The highest BCUT2D eigenvalue weighted by Gasteiger charge is 2.09. The van der Waals surface area contributed by atoms with Crippen LogP contribution in [0.3, 0.4) is 0 Å². The molecule has 0 aliphatic carbocycles. The smallest absolute Gasteiger partial charge is 0.220 e. The Hall–Kier alpha value is -2.04. The van der Waals surface area contributed by atoms with Crippen LogP contribution in [0, 0.1) is 13.8 Å². The summed E-state index contributed by atoms with van der Waals surface area (Å²) in [4.78, 5) is 11.7. The van der Waals surface area contributed by atoms with Gasteiger partial charge in [0.15, 0.2) is 0 Å². The summed E-state index contributed by atoms with van der Waals surface area (Å²) in [6.45, 7) is 4.35. The van der Waals surface area contributed by atoms with Crippen molar-refractivity contribution < 1.29 is 9.21 Å². The Balaban J connectivity index is 1.78. The molecule has 0 bridgehead atoms. The van der Waals surface area contributed by atoms with E-state index in [2.05, 4.69) is 15.5 Å². The second-order valence-corrected chi connectivity index (χ2v) is 4.27. The van der Waals surface area contributed by atoms with Crippen LogP contribution in [-0.2, 0) is 17.8 Å². The number of carbonyl (C=O) groups excluding carboxylic acids is 1. The number of hydrogen-bond donors (Lipinski definition) is 2. The van der Waals surface area contributed by atoms with Gasteiger partial charge in [0.1, 0.15) is 5.76 Å². The normalized spacial score (nSPS) is 10.6. The van der Waals surface area contributed by atoms with Crippen molar-refractivity contribution in [3.8, 4) is 0 Å². The Morgan fingerprint density at radius 1 is 1.50 bits per heavy atom. The van der Waals surface area contributed by atoms with E-state index in [0.717, 1.165) is 22.7 Å². The maximum absolute atomic E-state index is 11.7. The lowest BCUT2D eigenvalue weighted by Gasteiger charge is -2.03. The molecule has 96 valence electrons. The lowest BCUT2D eigenvalue weighted by atomic mass is 10.1. The van der Waals surface area contributed by atoms with E-state index in [1.165, 1.54) is 0 Å². The molecule has 0 aromatic carbocycles. The number of aromatic amines is 1. The minimum absolute atomic E-state index is 0.0198. The van der Waals surface area contributed by atoms with E-state index in [-0.39, 0.29) is 5.91 Å². The fourth-order valence-electron chi connectivity index (χ4n) is 1.87. The van der Waals surface area contributed by atoms with Crippen molar-refractivity contribution in [2.24, 2.45) is 0 Å². The van der Waals surface area contributed by atoms with Crippen LogP contribution in [0.1, 0.15) is 29.1 Å². The molecule has 18 heavy (non-hydrogen) atoms. The third-order valence-electron chi connectivity index (χ3n) is 2.92. The third kappa shape index (κ3) is 3.00. The van der Waals surface area contributed by atoms with Gasteiger partial charge in [0.25, 0.3) is 0 Å². The number of aryl methyl sites for hydroxylation is 2. The Labute approximate surface area is 106 Å². The molecule has 2 heterocycles. The second-order valence-electron chi connectivity index (χ2n) is 4.27. The predicted octanol–water partition coefficient (Wildman–Crippen LogP) is 1.87. The molecule has 1 amide bonds. The number of furan rings is 1. The molecule has 0 atom stereocenters. The second kappa shape index (κ2) is 5.53. The van der Waals surface area contributed by atoms with Crippen LogP contribution >= 0.6 is 0 Å². The lowest BCUT2D eigenvalue weighted by molar-refractivity contribution is -0.121. The van der Waals surface area contributed by atoms with Gasteiger partial charge in [-0.2, -0.15) is 5.10 Å². The predicted molar refractivity (Wildman–Crippen MR) is 66.9 cm³/mol. The van der Waals surface area contributed by atoms with E-state index in [4.69, 9.17) is 4.42 Å². The van der Waals surface area contributed by atoms with Gasteiger partial charge in [0.05, 0.1) is 18.5 Å². The first-order valence-electron chi connectivity index (χ1n) is 5.96. The Morgan fingerprint density at radius 3 is 2.94 bits per heavy atom. The summed E-state index contributed by atoms with van der Waals surface area (Å²) in [6.07, 6.45) is 2.76. The van der Waals surface area contributed by atoms with Gasteiger partial charge >= 0.3 is 0 Å². The molecule has 0 spiro atoms. The van der Waals surface area contributed by atoms with Gasteiger partial charge in [-0.3, -0.25) is 9.89 Å². The first-order chi connectivity index (χ1) is 8.66. The highest BCUT2D eigenvalue weighted by Crippen LogP contribution is 2.11. The minimum atomic E-state index is 0.0198. The highest BCUT2D eigenvalue weighted by molar-refractivity contribution is 5.76. The lowest BCUT2D eigenvalue weighted by Crippen LogP contribution is -2.22. The molecule has 0 aliphatic rings. The average Bonchev–Trinajstić information content (AvgIpc) is 2.96. The van der Waals surface area contributed by atoms with Crippen molar-refractivity contribution in [2.45, 2.75) is 33.2 Å². The van der Waals surface area contributed by atoms with Crippen LogP contribution in [0.25, 0.3) is 0 Å². The van der Waals surface area contributed by atoms with E-state index in [1.54, 1.807) is 12.3 Å². The van der Waals surface area contributed by atoms with Gasteiger partial charge < -0.3 is 9.73 Å². The van der Waals surface area contributed by atoms with Crippen LogP contribution in [0.5, 0.6) is 0 Å². The number of H-pyrrole nitrogens is 1. The minimum Gasteiger partial charge on any atom is -0.467 e. The van der Waals surface area contributed by atoms with Gasteiger partial charge in [-0.05, 0) is 38.0 Å². The van der Waals surface area contributed by atoms with Crippen molar-refractivity contribution in [3.63, 3.8) is 0 Å². The molecule has 2 aromatic rings. The Kier molecular flexibility index (Phi) is 3.82. The fourth-order valence-corrected chi connectivity index (χ4v) is 1.87. The standard InChI is InChI=1S/C13H17N3O2/c1-9-12(10(2)16-15-9)5-6-13(17)14-8-11-4-3-7-18-11/h3-4,7H,5-6,8H2,1-2H3,(H,14,17)(H,15,16). The van der Waals surface area contributed by atoms with Crippen molar-refractivity contribution in [1.82, 2.24) is 15.5 Å². The number of rotatable bonds is 5. The number of nitrogens with one attached hydrogen (secondary N) is 2. The van der Waals surface area contributed by atoms with Crippen LogP contribution in [0.15, 0.2) is 22.8 Å². The molecule has 0 fully saturated rings. The Bertz CT molecular complexity index is 495. The summed E-state index contributed by atoms with van der Waals surface area (Å²) < 4.78 is 5.14. The molecule has 0 saturated heterocycles. The van der Waals surface area contributed by atoms with E-state index < -0.39 is 0 Å². The topological polar surface area (TPSA) is 70.9 Å². The molecule has 5 heteroatoms. The van der Waals surface area contributed by atoms with Crippen molar-refractivity contribution >= 4 is 5.91 Å². The van der Waals surface area contributed by atoms with Crippen molar-refractivity contribution in [2.75, 3.05) is 0 Å². The molecule has 0 unspecified atom stereocenters. The first kappa shape index (κ1) is 12.4. The summed E-state index contributed by atoms with van der Waals surface area (Å²) in [5.74, 6) is 0.783. The SMILES string of the molecule is Cc1n[nH]c(C)c1CCC(=O)NCc1ccco1. The number of amides is 1. The molecule has 2 N–H and O–H groups in total. The average molecular weight is 247 g/mol. The van der Waals surface area contributed by atoms with Crippen LogP contribution in [-0.4, -0.2) is 16.1 Å².